The van der Waals surface area contributed by atoms with E-state index in [2.05, 4.69) is 36.1 Å². The van der Waals surface area contributed by atoms with Crippen LogP contribution in [0, 0.1) is 5.92 Å². The van der Waals surface area contributed by atoms with Crippen LogP contribution in [0.4, 0.5) is 0 Å². The van der Waals surface area contributed by atoms with E-state index < -0.39 is 5.60 Å². The van der Waals surface area contributed by atoms with Gasteiger partial charge in [-0.25, -0.2) is 0 Å². The number of carbonyl (C=O) groups is 1. The summed E-state index contributed by atoms with van der Waals surface area (Å²) in [6.45, 7) is 6.62. The molecule has 0 aromatic heterocycles. The fraction of sp³-hybridized carbons (Fsp3) is 0.571. The second-order valence-electron chi connectivity index (χ2n) is 7.55. The molecule has 0 saturated carbocycles. The van der Waals surface area contributed by atoms with E-state index >= 15 is 0 Å². The van der Waals surface area contributed by atoms with Crippen LogP contribution >= 0.6 is 0 Å². The maximum Gasteiger partial charge on any atom is 0.210 e. The standard InChI is InChI=1S/C21H30N2O2/c1-2-3-12-23(17-24)15-19-6-4-18(5-7-19)8-11-21(25)16-22-13-9-20(21)10-14-22/h4-8,11,17,20,25H,2-3,9-10,12-16H2,1H3/b11-8+. The van der Waals surface area contributed by atoms with Gasteiger partial charge in [0.25, 0.3) is 0 Å². The van der Waals surface area contributed by atoms with Gasteiger partial charge >= 0.3 is 0 Å². The number of benzene rings is 1. The average Bonchev–Trinajstić information content (AvgIpc) is 2.65. The Morgan fingerprint density at radius 2 is 2.00 bits per heavy atom. The molecule has 1 aromatic carbocycles. The number of aliphatic hydroxyl groups is 1. The van der Waals surface area contributed by atoms with Gasteiger partial charge in [0.05, 0.1) is 5.60 Å². The van der Waals surface area contributed by atoms with E-state index in [4.69, 9.17) is 0 Å². The van der Waals surface area contributed by atoms with Crippen molar-refractivity contribution in [3.05, 3.63) is 41.5 Å². The molecule has 1 amide bonds. The van der Waals surface area contributed by atoms with Crippen LogP contribution in [0.5, 0.6) is 0 Å². The summed E-state index contributed by atoms with van der Waals surface area (Å²) in [6, 6.07) is 8.28. The molecular weight excluding hydrogens is 312 g/mol. The summed E-state index contributed by atoms with van der Waals surface area (Å²) in [7, 11) is 0. The molecule has 0 aliphatic carbocycles. The van der Waals surface area contributed by atoms with Crippen molar-refractivity contribution in [3.63, 3.8) is 0 Å². The van der Waals surface area contributed by atoms with Crippen molar-refractivity contribution < 1.29 is 9.90 Å². The van der Waals surface area contributed by atoms with Gasteiger partial charge in [-0.05, 0) is 49.4 Å². The molecule has 3 aliphatic heterocycles. The Bertz CT molecular complexity index is 590. The summed E-state index contributed by atoms with van der Waals surface area (Å²) in [4.78, 5) is 15.3. The van der Waals surface area contributed by atoms with Gasteiger partial charge in [-0.2, -0.15) is 0 Å². The van der Waals surface area contributed by atoms with Crippen LogP contribution < -0.4 is 0 Å². The van der Waals surface area contributed by atoms with Gasteiger partial charge in [0.2, 0.25) is 6.41 Å². The van der Waals surface area contributed by atoms with Crippen molar-refractivity contribution in [2.75, 3.05) is 26.2 Å². The lowest BCUT2D eigenvalue weighted by molar-refractivity contribution is -0.118. The first-order valence-electron chi connectivity index (χ1n) is 9.55. The van der Waals surface area contributed by atoms with Gasteiger partial charge in [0.15, 0.2) is 0 Å². The summed E-state index contributed by atoms with van der Waals surface area (Å²) in [5.41, 5.74) is 1.56. The number of rotatable bonds is 8. The summed E-state index contributed by atoms with van der Waals surface area (Å²) in [5.74, 6) is 0.396. The minimum atomic E-state index is -0.677. The third kappa shape index (κ3) is 4.50. The van der Waals surface area contributed by atoms with Crippen molar-refractivity contribution in [3.8, 4) is 0 Å². The zero-order valence-corrected chi connectivity index (χ0v) is 15.2. The normalized spacial score (nSPS) is 28.4. The van der Waals surface area contributed by atoms with Gasteiger partial charge in [0.1, 0.15) is 0 Å². The van der Waals surface area contributed by atoms with E-state index in [9.17, 15) is 9.90 Å². The maximum absolute atomic E-state index is 11.1. The second kappa shape index (κ2) is 8.15. The molecule has 2 bridgehead atoms. The van der Waals surface area contributed by atoms with Crippen molar-refractivity contribution in [2.45, 2.75) is 44.8 Å². The summed E-state index contributed by atoms with van der Waals surface area (Å²) in [5, 5.41) is 10.9. The van der Waals surface area contributed by atoms with E-state index in [-0.39, 0.29) is 0 Å². The van der Waals surface area contributed by atoms with Crippen LogP contribution in [0.15, 0.2) is 30.3 Å². The molecule has 3 saturated heterocycles. The van der Waals surface area contributed by atoms with Crippen molar-refractivity contribution in [1.29, 1.82) is 0 Å². The third-order valence-corrected chi connectivity index (χ3v) is 5.65. The fourth-order valence-corrected chi connectivity index (χ4v) is 4.01. The Balaban J connectivity index is 1.59. The Morgan fingerprint density at radius 1 is 1.28 bits per heavy atom. The van der Waals surface area contributed by atoms with Crippen LogP contribution in [0.1, 0.15) is 43.7 Å². The molecule has 0 spiro atoms. The zero-order chi connectivity index (χ0) is 17.7. The number of carbonyl (C=O) groups excluding carboxylic acids is 1. The lowest BCUT2D eigenvalue weighted by Gasteiger charge is -2.49. The minimum Gasteiger partial charge on any atom is -0.384 e. The first kappa shape index (κ1) is 18.2. The molecule has 3 aliphatic rings. The summed E-state index contributed by atoms with van der Waals surface area (Å²) < 4.78 is 0. The van der Waals surface area contributed by atoms with Crippen LogP contribution in [0.3, 0.4) is 0 Å². The molecule has 4 nitrogen and oxygen atoms in total. The number of hydrogen-bond donors (Lipinski definition) is 1. The van der Waals surface area contributed by atoms with E-state index in [0.717, 1.165) is 69.4 Å². The summed E-state index contributed by atoms with van der Waals surface area (Å²) in [6.07, 6.45) is 9.30. The molecule has 25 heavy (non-hydrogen) atoms. The van der Waals surface area contributed by atoms with Crippen molar-refractivity contribution in [1.82, 2.24) is 9.80 Å². The number of unbranched alkanes of at least 4 members (excludes halogenated alkanes) is 1. The van der Waals surface area contributed by atoms with E-state index in [0.29, 0.717) is 12.5 Å². The van der Waals surface area contributed by atoms with Gasteiger partial charge in [0, 0.05) is 19.6 Å². The first-order chi connectivity index (χ1) is 12.1. The molecule has 3 heterocycles. The smallest absolute Gasteiger partial charge is 0.210 e. The molecule has 4 heteroatoms. The van der Waals surface area contributed by atoms with E-state index in [1.165, 1.54) is 0 Å². The Morgan fingerprint density at radius 3 is 2.56 bits per heavy atom. The topological polar surface area (TPSA) is 43.8 Å². The van der Waals surface area contributed by atoms with Crippen LogP contribution in [0.25, 0.3) is 6.08 Å². The van der Waals surface area contributed by atoms with E-state index in [1.54, 1.807) is 0 Å². The molecule has 3 fully saturated rings. The van der Waals surface area contributed by atoms with Gasteiger partial charge in [-0.3, -0.25) is 4.79 Å². The molecule has 1 unspecified atom stereocenters. The molecule has 0 radical (unpaired) electrons. The molecule has 1 aromatic rings. The monoisotopic (exact) mass is 342 g/mol. The maximum atomic E-state index is 11.1. The average molecular weight is 342 g/mol. The highest BCUT2D eigenvalue weighted by Gasteiger charge is 2.43. The second-order valence-corrected chi connectivity index (χ2v) is 7.55. The third-order valence-electron chi connectivity index (χ3n) is 5.65. The van der Waals surface area contributed by atoms with Gasteiger partial charge < -0.3 is 14.9 Å². The molecule has 136 valence electrons. The van der Waals surface area contributed by atoms with Crippen LogP contribution in [-0.4, -0.2) is 53.1 Å². The Hall–Kier alpha value is -1.65. The number of nitrogens with zero attached hydrogens (tertiary/aromatic N) is 2. The molecule has 4 rings (SSSR count). The SMILES string of the molecule is CCCCN(C=O)Cc1ccc(/C=C/C2(O)CN3CCC2CC3)cc1. The highest BCUT2D eigenvalue weighted by molar-refractivity contribution is 5.52. The predicted molar refractivity (Wildman–Crippen MR) is 101 cm³/mol. The Kier molecular flexibility index (Phi) is 5.92. The number of piperidine rings is 3. The molecular formula is C21H30N2O2. The van der Waals surface area contributed by atoms with Gasteiger partial charge in [-0.15, -0.1) is 0 Å². The lowest BCUT2D eigenvalue weighted by atomic mass is 9.75. The quantitative estimate of drug-likeness (QED) is 0.739. The highest BCUT2D eigenvalue weighted by atomic mass is 16.3. The van der Waals surface area contributed by atoms with E-state index in [1.807, 2.05) is 17.1 Å². The largest absolute Gasteiger partial charge is 0.384 e. The highest BCUT2D eigenvalue weighted by Crippen LogP contribution is 2.36. The number of hydrogen-bond acceptors (Lipinski definition) is 3. The molecule has 1 N–H and O–H groups in total. The first-order valence-corrected chi connectivity index (χ1v) is 9.55. The molecule has 1 atom stereocenters. The summed E-state index contributed by atoms with van der Waals surface area (Å²) >= 11 is 0. The van der Waals surface area contributed by atoms with Crippen LogP contribution in [0.2, 0.25) is 0 Å². The minimum absolute atomic E-state index is 0.396. The van der Waals surface area contributed by atoms with Gasteiger partial charge in [-0.1, -0.05) is 49.8 Å². The van der Waals surface area contributed by atoms with Crippen LogP contribution in [-0.2, 0) is 11.3 Å². The fourth-order valence-electron chi connectivity index (χ4n) is 4.01. The number of amides is 1. The number of fused-ring (bicyclic) bond motifs is 3. The Labute approximate surface area is 151 Å². The van der Waals surface area contributed by atoms with Crippen molar-refractivity contribution >= 4 is 12.5 Å². The lowest BCUT2D eigenvalue weighted by Crippen LogP contribution is -2.58. The van der Waals surface area contributed by atoms with Crippen molar-refractivity contribution in [2.24, 2.45) is 5.92 Å². The predicted octanol–water partition coefficient (Wildman–Crippen LogP) is 2.92. The zero-order valence-electron chi connectivity index (χ0n) is 15.2.